The average molecular weight is 296 g/mol. The summed E-state index contributed by atoms with van der Waals surface area (Å²) in [6.07, 6.45) is 0.445. The smallest absolute Gasteiger partial charge is 0.223 e. The lowest BCUT2D eigenvalue weighted by Crippen LogP contribution is -2.49. The Labute approximate surface area is 125 Å². The van der Waals surface area contributed by atoms with Gasteiger partial charge in [0.25, 0.3) is 0 Å². The third-order valence-corrected chi connectivity index (χ3v) is 4.27. The molecule has 110 valence electrons. The van der Waals surface area contributed by atoms with Gasteiger partial charge in [-0.3, -0.25) is 9.69 Å². The fourth-order valence-electron chi connectivity index (χ4n) is 2.65. The van der Waals surface area contributed by atoms with Gasteiger partial charge in [0.1, 0.15) is 0 Å². The number of nitrogens with zero attached hydrogens (tertiary/aromatic N) is 2. The summed E-state index contributed by atoms with van der Waals surface area (Å²) in [7, 11) is 0. The van der Waals surface area contributed by atoms with Crippen LogP contribution >= 0.6 is 11.6 Å². The summed E-state index contributed by atoms with van der Waals surface area (Å²) in [6, 6.07) is 8.23. The first-order valence-corrected chi connectivity index (χ1v) is 7.47. The van der Waals surface area contributed by atoms with Gasteiger partial charge in [-0.1, -0.05) is 29.8 Å². The molecule has 1 aromatic carbocycles. The number of hydrogen-bond acceptors (Lipinski definition) is 3. The van der Waals surface area contributed by atoms with Gasteiger partial charge < -0.3 is 10.6 Å². The second kappa shape index (κ2) is 7.07. The third-order valence-electron chi connectivity index (χ3n) is 3.93. The fraction of sp³-hybridized carbons (Fsp3) is 0.533. The van der Waals surface area contributed by atoms with E-state index < -0.39 is 0 Å². The van der Waals surface area contributed by atoms with Gasteiger partial charge in [0.05, 0.1) is 0 Å². The van der Waals surface area contributed by atoms with Crippen LogP contribution in [0.1, 0.15) is 24.9 Å². The molecular formula is C15H22ClN3O. The zero-order valence-corrected chi connectivity index (χ0v) is 12.6. The van der Waals surface area contributed by atoms with Crippen LogP contribution in [0.5, 0.6) is 0 Å². The fourth-order valence-corrected chi connectivity index (χ4v) is 2.94. The number of hydrogen-bond donors (Lipinski definition) is 1. The van der Waals surface area contributed by atoms with Gasteiger partial charge in [-0.2, -0.15) is 0 Å². The molecule has 0 radical (unpaired) electrons. The molecule has 1 aromatic rings. The first kappa shape index (κ1) is 15.3. The van der Waals surface area contributed by atoms with Crippen LogP contribution in [0.4, 0.5) is 0 Å². The van der Waals surface area contributed by atoms with Gasteiger partial charge in [-0.25, -0.2) is 0 Å². The Balaban J connectivity index is 1.94. The predicted molar refractivity (Wildman–Crippen MR) is 81.7 cm³/mol. The highest BCUT2D eigenvalue weighted by Crippen LogP contribution is 2.27. The van der Waals surface area contributed by atoms with E-state index in [4.69, 9.17) is 17.3 Å². The van der Waals surface area contributed by atoms with E-state index in [1.807, 2.05) is 23.1 Å². The van der Waals surface area contributed by atoms with Crippen molar-refractivity contribution < 1.29 is 4.79 Å². The molecule has 0 aromatic heterocycles. The molecule has 0 bridgehead atoms. The topological polar surface area (TPSA) is 49.6 Å². The maximum Gasteiger partial charge on any atom is 0.223 e. The number of nitrogens with two attached hydrogens (primary N) is 1. The number of halogens is 1. The van der Waals surface area contributed by atoms with Crippen LogP contribution in [0.2, 0.25) is 5.02 Å². The third kappa shape index (κ3) is 3.51. The van der Waals surface area contributed by atoms with Crippen molar-refractivity contribution in [2.24, 2.45) is 5.73 Å². The minimum absolute atomic E-state index is 0.164. The summed E-state index contributed by atoms with van der Waals surface area (Å²) < 4.78 is 0. The van der Waals surface area contributed by atoms with E-state index in [1.54, 1.807) is 0 Å². The Morgan fingerprint density at radius 2 is 1.95 bits per heavy atom. The van der Waals surface area contributed by atoms with Gasteiger partial charge >= 0.3 is 0 Å². The molecule has 1 unspecified atom stereocenters. The molecule has 0 saturated carbocycles. The first-order chi connectivity index (χ1) is 9.63. The van der Waals surface area contributed by atoms with E-state index in [0.29, 0.717) is 13.0 Å². The van der Waals surface area contributed by atoms with Gasteiger partial charge in [0.2, 0.25) is 5.91 Å². The molecule has 1 heterocycles. The number of piperazine rings is 1. The Kier molecular flexibility index (Phi) is 5.40. The largest absolute Gasteiger partial charge is 0.340 e. The lowest BCUT2D eigenvalue weighted by atomic mass is 10.1. The molecule has 1 atom stereocenters. The van der Waals surface area contributed by atoms with Gasteiger partial charge in [0, 0.05) is 50.2 Å². The van der Waals surface area contributed by atoms with Crippen LogP contribution in [-0.4, -0.2) is 48.4 Å². The Bertz CT molecular complexity index is 458. The zero-order chi connectivity index (χ0) is 14.5. The van der Waals surface area contributed by atoms with Crippen LogP contribution in [0.15, 0.2) is 24.3 Å². The van der Waals surface area contributed by atoms with E-state index in [1.165, 1.54) is 0 Å². The van der Waals surface area contributed by atoms with Crippen LogP contribution < -0.4 is 5.73 Å². The summed E-state index contributed by atoms with van der Waals surface area (Å²) in [5.74, 6) is 0.164. The molecule has 1 amide bonds. The summed E-state index contributed by atoms with van der Waals surface area (Å²) in [5, 5.41) is 0.807. The van der Waals surface area contributed by atoms with E-state index in [2.05, 4.69) is 17.9 Å². The minimum atomic E-state index is 0.164. The molecule has 2 N–H and O–H groups in total. The average Bonchev–Trinajstić information content (AvgIpc) is 2.47. The molecule has 5 heteroatoms. The maximum absolute atomic E-state index is 11.8. The molecule has 1 aliphatic heterocycles. The summed E-state index contributed by atoms with van der Waals surface area (Å²) >= 11 is 6.25. The highest BCUT2D eigenvalue weighted by molar-refractivity contribution is 6.31. The molecule has 0 spiro atoms. The van der Waals surface area contributed by atoms with Crippen molar-refractivity contribution in [2.75, 3.05) is 32.7 Å². The quantitative estimate of drug-likeness (QED) is 0.923. The highest BCUT2D eigenvalue weighted by atomic mass is 35.5. The van der Waals surface area contributed by atoms with Crippen molar-refractivity contribution in [1.82, 2.24) is 9.80 Å². The van der Waals surface area contributed by atoms with E-state index in [-0.39, 0.29) is 11.9 Å². The Morgan fingerprint density at radius 3 is 2.55 bits per heavy atom. The molecule has 1 aliphatic rings. The van der Waals surface area contributed by atoms with E-state index in [9.17, 15) is 4.79 Å². The second-order valence-electron chi connectivity index (χ2n) is 5.15. The predicted octanol–water partition coefficient (Wildman–Crippen LogP) is 1.89. The van der Waals surface area contributed by atoms with Crippen molar-refractivity contribution in [3.63, 3.8) is 0 Å². The van der Waals surface area contributed by atoms with E-state index >= 15 is 0 Å². The number of benzene rings is 1. The molecule has 1 saturated heterocycles. The monoisotopic (exact) mass is 295 g/mol. The number of amides is 1. The molecule has 20 heavy (non-hydrogen) atoms. The van der Waals surface area contributed by atoms with Crippen molar-refractivity contribution in [1.29, 1.82) is 0 Å². The molecule has 0 aliphatic carbocycles. The maximum atomic E-state index is 11.8. The Hall–Kier alpha value is -1.10. The number of carbonyl (C=O) groups excluding carboxylic acids is 1. The SMILES string of the molecule is CC(c1ccccc1Cl)N1CCN(C(=O)CCN)CC1. The normalized spacial score (nSPS) is 18.1. The lowest BCUT2D eigenvalue weighted by molar-refractivity contribution is -0.133. The molecule has 4 nitrogen and oxygen atoms in total. The van der Waals surface area contributed by atoms with Crippen LogP contribution in [0, 0.1) is 0 Å². The number of carbonyl (C=O) groups is 1. The van der Waals surface area contributed by atoms with Crippen molar-refractivity contribution in [3.05, 3.63) is 34.9 Å². The minimum Gasteiger partial charge on any atom is -0.340 e. The van der Waals surface area contributed by atoms with Gasteiger partial charge in [0.15, 0.2) is 0 Å². The molecular weight excluding hydrogens is 274 g/mol. The summed E-state index contributed by atoms with van der Waals surface area (Å²) in [6.45, 7) is 5.89. The standard InChI is InChI=1S/C15H22ClN3O/c1-12(13-4-2-3-5-14(13)16)18-8-10-19(11-9-18)15(20)6-7-17/h2-5,12H,6-11,17H2,1H3. The van der Waals surface area contributed by atoms with Crippen molar-refractivity contribution >= 4 is 17.5 Å². The summed E-state index contributed by atoms with van der Waals surface area (Å²) in [4.78, 5) is 16.1. The molecule has 1 fully saturated rings. The zero-order valence-electron chi connectivity index (χ0n) is 11.9. The van der Waals surface area contributed by atoms with E-state index in [0.717, 1.165) is 36.8 Å². The van der Waals surface area contributed by atoms with Crippen LogP contribution in [-0.2, 0) is 4.79 Å². The van der Waals surface area contributed by atoms with Gasteiger partial charge in [-0.15, -0.1) is 0 Å². The van der Waals surface area contributed by atoms with Crippen LogP contribution in [0.3, 0.4) is 0 Å². The second-order valence-corrected chi connectivity index (χ2v) is 5.56. The lowest BCUT2D eigenvalue weighted by Gasteiger charge is -2.38. The van der Waals surface area contributed by atoms with Crippen LogP contribution in [0.25, 0.3) is 0 Å². The summed E-state index contributed by atoms with van der Waals surface area (Å²) in [5.41, 5.74) is 6.58. The van der Waals surface area contributed by atoms with Crippen molar-refractivity contribution in [3.8, 4) is 0 Å². The van der Waals surface area contributed by atoms with Gasteiger partial charge in [-0.05, 0) is 18.6 Å². The highest BCUT2D eigenvalue weighted by Gasteiger charge is 2.25. The first-order valence-electron chi connectivity index (χ1n) is 7.10. The van der Waals surface area contributed by atoms with Crippen molar-refractivity contribution in [2.45, 2.75) is 19.4 Å². The Morgan fingerprint density at radius 1 is 1.30 bits per heavy atom. The molecule has 2 rings (SSSR count). The number of rotatable bonds is 4.